The number of anilines is 1. The lowest BCUT2D eigenvalue weighted by Gasteiger charge is -2.35. The fourth-order valence-electron chi connectivity index (χ4n) is 5.01. The van der Waals surface area contributed by atoms with Crippen LogP contribution in [-0.4, -0.2) is 18.0 Å². The molecule has 0 amide bonds. The van der Waals surface area contributed by atoms with E-state index >= 15 is 0 Å². The minimum absolute atomic E-state index is 0.211. The van der Waals surface area contributed by atoms with Crippen molar-refractivity contribution >= 4 is 5.69 Å². The summed E-state index contributed by atoms with van der Waals surface area (Å²) in [7, 11) is 2.28. The molecule has 0 aromatic heterocycles. The molecule has 2 heteroatoms. The van der Waals surface area contributed by atoms with Gasteiger partial charge in [-0.05, 0) is 68.6 Å². The van der Waals surface area contributed by atoms with Crippen LogP contribution >= 0.6 is 0 Å². The van der Waals surface area contributed by atoms with Gasteiger partial charge in [0.2, 0.25) is 0 Å². The number of para-hydroxylation sites is 1. The van der Waals surface area contributed by atoms with E-state index in [1.54, 1.807) is 0 Å². The van der Waals surface area contributed by atoms with Crippen molar-refractivity contribution in [1.82, 2.24) is 4.90 Å². The molecule has 1 saturated heterocycles. The van der Waals surface area contributed by atoms with Gasteiger partial charge in [0.05, 0.1) is 6.04 Å². The highest BCUT2D eigenvalue weighted by Gasteiger charge is 2.45. The Kier molecular flexibility index (Phi) is 4.99. The highest BCUT2D eigenvalue weighted by atomic mass is 15.4. The molecule has 3 aromatic carbocycles. The van der Waals surface area contributed by atoms with Gasteiger partial charge in [0.15, 0.2) is 0 Å². The van der Waals surface area contributed by atoms with Crippen LogP contribution in [-0.2, 0) is 0 Å². The monoisotopic (exact) mass is 370 g/mol. The third-order valence-corrected chi connectivity index (χ3v) is 6.32. The first kappa shape index (κ1) is 18.8. The zero-order valence-electron chi connectivity index (χ0n) is 17.6. The second-order valence-corrected chi connectivity index (χ2v) is 8.13. The van der Waals surface area contributed by atoms with Crippen LogP contribution in [0.15, 0.2) is 72.8 Å². The molecule has 1 aliphatic heterocycles. The number of aryl methyl sites for hydroxylation is 3. The number of rotatable bonds is 3. The Morgan fingerprint density at radius 2 is 1.25 bits per heavy atom. The molecule has 0 saturated carbocycles. The molecule has 0 aliphatic carbocycles. The smallest absolute Gasteiger partial charge is 0.109 e. The second-order valence-electron chi connectivity index (χ2n) is 8.13. The first-order valence-corrected chi connectivity index (χ1v) is 10.2. The molecule has 1 fully saturated rings. The summed E-state index contributed by atoms with van der Waals surface area (Å²) in [5.41, 5.74) is 8.18. The van der Waals surface area contributed by atoms with Gasteiger partial charge in [-0.15, -0.1) is 0 Å². The van der Waals surface area contributed by atoms with Gasteiger partial charge in [-0.2, -0.15) is 0 Å². The summed E-state index contributed by atoms with van der Waals surface area (Å²) in [4.78, 5) is 5.18. The normalized spacial score (nSPS) is 22.6. The fraction of sp³-hybridized carbons (Fsp3) is 0.308. The van der Waals surface area contributed by atoms with Crippen molar-refractivity contribution < 1.29 is 0 Å². The Bertz CT molecular complexity index is 943. The number of likely N-dealkylation sites (N-methyl/N-ethyl adjacent to an activating group) is 1. The molecule has 3 aromatic rings. The Balaban J connectivity index is 1.91. The topological polar surface area (TPSA) is 6.48 Å². The van der Waals surface area contributed by atoms with Crippen LogP contribution in [0.25, 0.3) is 0 Å². The van der Waals surface area contributed by atoms with Crippen LogP contribution in [0.1, 0.15) is 46.9 Å². The van der Waals surface area contributed by atoms with Crippen LogP contribution in [0.2, 0.25) is 0 Å². The van der Waals surface area contributed by atoms with E-state index < -0.39 is 0 Å². The third kappa shape index (κ3) is 3.02. The summed E-state index contributed by atoms with van der Waals surface area (Å²) in [5.74, 6) is 0. The fourth-order valence-corrected chi connectivity index (χ4v) is 5.01. The summed E-state index contributed by atoms with van der Waals surface area (Å²) in [6.07, 6.45) is 0.211. The van der Waals surface area contributed by atoms with Crippen LogP contribution in [0.3, 0.4) is 0 Å². The number of nitrogens with zero attached hydrogens (tertiary/aromatic N) is 2. The van der Waals surface area contributed by atoms with Crippen molar-refractivity contribution in [2.75, 3.05) is 11.9 Å². The highest BCUT2D eigenvalue weighted by molar-refractivity contribution is 5.58. The van der Waals surface area contributed by atoms with E-state index in [9.17, 15) is 0 Å². The Morgan fingerprint density at radius 1 is 0.679 bits per heavy atom. The van der Waals surface area contributed by atoms with E-state index in [-0.39, 0.29) is 6.17 Å². The minimum atomic E-state index is 0.211. The first-order valence-electron chi connectivity index (χ1n) is 10.2. The zero-order chi connectivity index (χ0) is 19.8. The van der Waals surface area contributed by atoms with Gasteiger partial charge in [0.1, 0.15) is 6.17 Å². The molecule has 1 heterocycles. The molecule has 0 N–H and O–H groups in total. The van der Waals surface area contributed by atoms with E-state index in [0.29, 0.717) is 12.1 Å². The van der Waals surface area contributed by atoms with Crippen LogP contribution in [0, 0.1) is 20.8 Å². The van der Waals surface area contributed by atoms with Crippen LogP contribution in [0.4, 0.5) is 5.69 Å². The summed E-state index contributed by atoms with van der Waals surface area (Å²) >= 11 is 0. The maximum Gasteiger partial charge on any atom is 0.109 e. The lowest BCUT2D eigenvalue weighted by Crippen LogP contribution is -2.33. The Morgan fingerprint density at radius 3 is 1.89 bits per heavy atom. The van der Waals surface area contributed by atoms with Crippen molar-refractivity contribution in [3.63, 3.8) is 0 Å². The lowest BCUT2D eigenvalue weighted by atomic mass is 9.98. The van der Waals surface area contributed by atoms with Gasteiger partial charge in [0, 0.05) is 11.7 Å². The van der Waals surface area contributed by atoms with Crippen LogP contribution < -0.4 is 4.90 Å². The maximum absolute atomic E-state index is 2.63. The van der Waals surface area contributed by atoms with Crippen LogP contribution in [0.5, 0.6) is 0 Å². The van der Waals surface area contributed by atoms with Crippen molar-refractivity contribution in [2.45, 2.75) is 45.9 Å². The predicted molar refractivity (Wildman–Crippen MR) is 119 cm³/mol. The summed E-state index contributed by atoms with van der Waals surface area (Å²) in [6, 6.07) is 27.1. The van der Waals surface area contributed by atoms with E-state index in [0.717, 1.165) is 0 Å². The first-order chi connectivity index (χ1) is 13.5. The molecule has 2 unspecified atom stereocenters. The van der Waals surface area contributed by atoms with Crippen molar-refractivity contribution in [1.29, 1.82) is 0 Å². The third-order valence-electron chi connectivity index (χ3n) is 6.32. The molecule has 28 heavy (non-hydrogen) atoms. The number of hydrogen-bond acceptors (Lipinski definition) is 2. The van der Waals surface area contributed by atoms with Crippen molar-refractivity contribution in [3.05, 3.63) is 101 Å². The molecular formula is C26H30N2. The molecule has 1 aliphatic rings. The number of hydrogen-bond donors (Lipinski definition) is 0. The lowest BCUT2D eigenvalue weighted by molar-refractivity contribution is 0.241. The quantitative estimate of drug-likeness (QED) is 0.542. The standard InChI is InChI=1S/C26H30N2/c1-18-12-9-10-17-23(18)28-21(4)25(22-15-7-6-8-16-22)27(5)26(28)24-19(2)13-11-14-20(24)3/h6-17,21,25-26H,1-5H3/t21-,25?,26?/m0/s1. The van der Waals surface area contributed by atoms with Gasteiger partial charge < -0.3 is 4.90 Å². The van der Waals surface area contributed by atoms with E-state index in [1.807, 2.05) is 0 Å². The average Bonchev–Trinajstić information content (AvgIpc) is 2.93. The molecule has 2 nitrogen and oxygen atoms in total. The molecule has 3 atom stereocenters. The predicted octanol–water partition coefficient (Wildman–Crippen LogP) is 6.19. The summed E-state index contributed by atoms with van der Waals surface area (Å²) in [6.45, 7) is 9.08. The molecule has 0 radical (unpaired) electrons. The SMILES string of the molecule is Cc1ccccc1N1C(c2c(C)cccc2C)N(C)C(c2ccccc2)[C@@H]1C. The minimum Gasteiger partial charge on any atom is -0.347 e. The van der Waals surface area contributed by atoms with Crippen molar-refractivity contribution in [3.8, 4) is 0 Å². The molecule has 144 valence electrons. The summed E-state index contributed by atoms with van der Waals surface area (Å²) in [5, 5.41) is 0. The molecule has 0 spiro atoms. The Hall–Kier alpha value is -2.58. The second kappa shape index (κ2) is 7.44. The maximum atomic E-state index is 2.63. The molecule has 0 bridgehead atoms. The van der Waals surface area contributed by atoms with E-state index in [1.165, 1.54) is 33.5 Å². The average molecular weight is 371 g/mol. The number of benzene rings is 3. The largest absolute Gasteiger partial charge is 0.347 e. The van der Waals surface area contributed by atoms with E-state index in [2.05, 4.69) is 117 Å². The van der Waals surface area contributed by atoms with Gasteiger partial charge in [-0.25, -0.2) is 0 Å². The van der Waals surface area contributed by atoms with E-state index in [4.69, 9.17) is 0 Å². The highest BCUT2D eigenvalue weighted by Crippen LogP contribution is 2.48. The van der Waals surface area contributed by atoms with Gasteiger partial charge in [0.25, 0.3) is 0 Å². The molecule has 4 rings (SSSR count). The van der Waals surface area contributed by atoms with Gasteiger partial charge >= 0.3 is 0 Å². The van der Waals surface area contributed by atoms with Gasteiger partial charge in [-0.1, -0.05) is 66.7 Å². The Labute approximate surface area is 169 Å². The van der Waals surface area contributed by atoms with Crippen molar-refractivity contribution in [2.24, 2.45) is 0 Å². The summed E-state index contributed by atoms with van der Waals surface area (Å²) < 4.78 is 0. The van der Waals surface area contributed by atoms with Gasteiger partial charge in [-0.3, -0.25) is 4.90 Å². The zero-order valence-corrected chi connectivity index (χ0v) is 17.6. The molecular weight excluding hydrogens is 340 g/mol.